The van der Waals surface area contributed by atoms with Gasteiger partial charge >= 0.3 is 12.4 Å². The average molecular weight is 613 g/mol. The van der Waals surface area contributed by atoms with Crippen LogP contribution in [-0.2, 0) is 33.8 Å². The summed E-state index contributed by atoms with van der Waals surface area (Å²) < 4.78 is 114. The number of hydrogen-bond donors (Lipinski definition) is 1. The van der Waals surface area contributed by atoms with Crippen LogP contribution in [0.2, 0.25) is 0 Å². The van der Waals surface area contributed by atoms with Crippen molar-refractivity contribution in [1.29, 1.82) is 0 Å². The van der Waals surface area contributed by atoms with Gasteiger partial charge in [0.1, 0.15) is 22.9 Å². The predicted octanol–water partition coefficient (Wildman–Crippen LogP) is 6.22. The molecule has 2 aromatic carbocycles. The molecule has 220 valence electrons. The maximum atomic E-state index is 13.0. The highest BCUT2D eigenvalue weighted by Crippen LogP contribution is 2.35. The van der Waals surface area contributed by atoms with Gasteiger partial charge in [0.15, 0.2) is 5.82 Å². The van der Waals surface area contributed by atoms with Crippen LogP contribution < -0.4 is 9.80 Å². The van der Waals surface area contributed by atoms with Crippen LogP contribution in [0.3, 0.4) is 0 Å². The third-order valence-corrected chi connectivity index (χ3v) is 6.16. The summed E-state index contributed by atoms with van der Waals surface area (Å²) >= 11 is 0. The largest absolute Gasteiger partial charge is 0.457 e. The lowest BCUT2D eigenvalue weighted by Crippen LogP contribution is -2.24. The van der Waals surface area contributed by atoms with Crippen molar-refractivity contribution >= 4 is 32.8 Å². The number of ether oxygens (including phenoxy) is 1. The molecule has 0 amide bonds. The molecule has 0 aliphatic rings. The molecular weight excluding hydrogens is 594 g/mol. The Morgan fingerprint density at radius 2 is 1.60 bits per heavy atom. The number of H-pyrrole nitrogens is 1. The maximum Gasteiger partial charge on any atom is 0.432 e. The van der Waals surface area contributed by atoms with Crippen LogP contribution in [0.15, 0.2) is 67.0 Å². The molecule has 5 aromatic rings. The Hall–Kier alpha value is -4.64. The van der Waals surface area contributed by atoms with Gasteiger partial charge in [-0.1, -0.05) is 0 Å². The molecule has 0 fully saturated rings. The standard InChI is InChI=1S/C25H18F6N6O4S/c1-36-20-8-7-16(40-17-9-10-32-19(12-17)22-33-13-21(35-22)25(29,30)31)11-18(20)34-23(36)37(41-42(2,38)39)15-5-3-14(4-6-15)24(26,27)28/h3-13H,1-2H3,(H,33,35). The number of aryl methyl sites for hydroxylation is 1. The monoisotopic (exact) mass is 612 g/mol. The summed E-state index contributed by atoms with van der Waals surface area (Å²) in [6.45, 7) is 0. The minimum Gasteiger partial charge on any atom is -0.457 e. The number of imidazole rings is 2. The summed E-state index contributed by atoms with van der Waals surface area (Å²) in [6.07, 6.45) is -6.46. The molecule has 0 saturated carbocycles. The highest BCUT2D eigenvalue weighted by molar-refractivity contribution is 7.86. The highest BCUT2D eigenvalue weighted by atomic mass is 32.2. The number of hydrogen-bond acceptors (Lipinski definition) is 8. The summed E-state index contributed by atoms with van der Waals surface area (Å²) in [5.41, 5.74) is -1.14. The van der Waals surface area contributed by atoms with Crippen molar-refractivity contribution in [3.8, 4) is 23.0 Å². The summed E-state index contributed by atoms with van der Waals surface area (Å²) in [7, 11) is -2.60. The molecule has 3 heterocycles. The molecule has 0 aliphatic carbocycles. The van der Waals surface area contributed by atoms with E-state index in [-0.39, 0.29) is 34.7 Å². The fourth-order valence-electron chi connectivity index (χ4n) is 3.86. The van der Waals surface area contributed by atoms with E-state index in [9.17, 15) is 34.8 Å². The molecule has 3 aromatic heterocycles. The molecule has 1 N–H and O–H groups in total. The van der Waals surface area contributed by atoms with E-state index in [2.05, 4.69) is 19.9 Å². The van der Waals surface area contributed by atoms with E-state index in [0.717, 1.165) is 35.6 Å². The number of anilines is 2. The molecule has 0 atom stereocenters. The molecule has 17 heteroatoms. The van der Waals surface area contributed by atoms with Crippen LogP contribution in [0, 0.1) is 0 Å². The Balaban J connectivity index is 1.46. The number of rotatable bonds is 7. The fraction of sp³-hybridized carbons (Fsp3) is 0.160. The van der Waals surface area contributed by atoms with E-state index < -0.39 is 33.7 Å². The van der Waals surface area contributed by atoms with Crippen LogP contribution in [0.1, 0.15) is 11.3 Å². The van der Waals surface area contributed by atoms with Crippen molar-refractivity contribution in [1.82, 2.24) is 24.5 Å². The summed E-state index contributed by atoms with van der Waals surface area (Å²) in [4.78, 5) is 14.3. The summed E-state index contributed by atoms with van der Waals surface area (Å²) in [5.74, 6) is 0.278. The lowest BCUT2D eigenvalue weighted by molar-refractivity contribution is -0.141. The van der Waals surface area contributed by atoms with Crippen LogP contribution in [-0.4, -0.2) is 39.2 Å². The molecule has 10 nitrogen and oxygen atoms in total. The van der Waals surface area contributed by atoms with Crippen LogP contribution in [0.5, 0.6) is 11.5 Å². The van der Waals surface area contributed by atoms with Crippen LogP contribution >= 0.6 is 0 Å². The van der Waals surface area contributed by atoms with Crippen molar-refractivity contribution in [2.75, 3.05) is 11.3 Å². The molecule has 0 radical (unpaired) electrons. The zero-order chi connectivity index (χ0) is 30.4. The maximum absolute atomic E-state index is 13.0. The van der Waals surface area contributed by atoms with Gasteiger partial charge in [-0.3, -0.25) is 4.98 Å². The van der Waals surface area contributed by atoms with Crippen molar-refractivity contribution in [3.05, 3.63) is 78.2 Å². The Bertz CT molecular complexity index is 1870. The molecule has 42 heavy (non-hydrogen) atoms. The molecule has 0 saturated heterocycles. The number of aromatic nitrogens is 5. The van der Waals surface area contributed by atoms with Gasteiger partial charge in [0.2, 0.25) is 5.95 Å². The van der Waals surface area contributed by atoms with Gasteiger partial charge in [-0.2, -0.15) is 39.8 Å². The smallest absolute Gasteiger partial charge is 0.432 e. The first-order valence-electron chi connectivity index (χ1n) is 11.7. The second kappa shape index (κ2) is 10.3. The number of nitrogens with one attached hydrogen (secondary N) is 1. The van der Waals surface area contributed by atoms with E-state index in [0.29, 0.717) is 17.2 Å². The van der Waals surface area contributed by atoms with E-state index >= 15 is 0 Å². The van der Waals surface area contributed by atoms with Gasteiger partial charge in [-0.05, 0) is 42.5 Å². The molecular formula is C25H18F6N6O4S. The zero-order valence-corrected chi connectivity index (χ0v) is 22.2. The number of nitrogens with zero attached hydrogens (tertiary/aromatic N) is 5. The first kappa shape index (κ1) is 28.9. The highest BCUT2D eigenvalue weighted by Gasteiger charge is 2.33. The van der Waals surface area contributed by atoms with Gasteiger partial charge in [0, 0.05) is 25.4 Å². The van der Waals surface area contributed by atoms with Crippen LogP contribution in [0.4, 0.5) is 38.0 Å². The number of pyridine rings is 1. The molecule has 0 spiro atoms. The molecule has 0 aliphatic heterocycles. The van der Waals surface area contributed by atoms with Gasteiger partial charge in [-0.25, -0.2) is 9.97 Å². The molecule has 5 rings (SSSR count). The third kappa shape index (κ3) is 6.15. The SMILES string of the molecule is Cn1c(N(OS(C)(=O)=O)c2ccc(C(F)(F)F)cc2)nc2cc(Oc3ccnc(-c4ncc(C(F)(F)F)[nH]4)c3)ccc21. The second-order valence-corrected chi connectivity index (χ2v) is 10.4. The Morgan fingerprint density at radius 1 is 0.905 bits per heavy atom. The topological polar surface area (TPSA) is 115 Å². The summed E-state index contributed by atoms with van der Waals surface area (Å²) in [6, 6.07) is 11.1. The second-order valence-electron chi connectivity index (χ2n) is 8.86. The van der Waals surface area contributed by atoms with Crippen molar-refractivity contribution in [2.24, 2.45) is 7.05 Å². The first-order valence-corrected chi connectivity index (χ1v) is 13.5. The summed E-state index contributed by atoms with van der Waals surface area (Å²) in [5, 5.41) is 0.781. The lowest BCUT2D eigenvalue weighted by Gasteiger charge is -2.21. The third-order valence-electron chi connectivity index (χ3n) is 5.74. The van der Waals surface area contributed by atoms with E-state index in [4.69, 9.17) is 9.02 Å². The Morgan fingerprint density at radius 3 is 2.21 bits per heavy atom. The zero-order valence-electron chi connectivity index (χ0n) is 21.4. The Labute approximate surface area is 233 Å². The molecule has 0 bridgehead atoms. The van der Waals surface area contributed by atoms with E-state index in [1.807, 2.05) is 0 Å². The minimum atomic E-state index is -4.61. The normalized spacial score (nSPS) is 12.6. The van der Waals surface area contributed by atoms with E-state index in [1.54, 1.807) is 19.2 Å². The van der Waals surface area contributed by atoms with Gasteiger partial charge < -0.3 is 14.3 Å². The number of fused-ring (bicyclic) bond motifs is 1. The average Bonchev–Trinajstić information content (AvgIpc) is 3.52. The van der Waals surface area contributed by atoms with E-state index in [1.165, 1.54) is 29.0 Å². The number of benzene rings is 2. The van der Waals surface area contributed by atoms with Gasteiger partial charge in [0.25, 0.3) is 10.1 Å². The lowest BCUT2D eigenvalue weighted by atomic mass is 10.2. The minimum absolute atomic E-state index is 0.0424. The van der Waals surface area contributed by atoms with Crippen molar-refractivity contribution in [2.45, 2.75) is 12.4 Å². The predicted molar refractivity (Wildman–Crippen MR) is 137 cm³/mol. The fourth-order valence-corrected chi connectivity index (χ4v) is 4.28. The Kier molecular flexibility index (Phi) is 7.10. The molecule has 0 unspecified atom stereocenters. The van der Waals surface area contributed by atoms with Gasteiger partial charge in [-0.15, -0.1) is 4.28 Å². The number of alkyl halides is 6. The van der Waals surface area contributed by atoms with Crippen molar-refractivity contribution < 1.29 is 43.8 Å². The first-order chi connectivity index (χ1) is 19.6. The van der Waals surface area contributed by atoms with Gasteiger partial charge in [0.05, 0.1) is 34.7 Å². The number of halogens is 6. The number of aromatic amines is 1. The van der Waals surface area contributed by atoms with Crippen LogP contribution in [0.25, 0.3) is 22.6 Å². The van der Waals surface area contributed by atoms with Crippen molar-refractivity contribution in [3.63, 3.8) is 0 Å². The quantitative estimate of drug-likeness (QED) is 0.170.